The first-order valence-corrected chi connectivity index (χ1v) is 5.48. The van der Waals surface area contributed by atoms with Gasteiger partial charge < -0.3 is 5.11 Å². The molecule has 0 saturated carbocycles. The van der Waals surface area contributed by atoms with Gasteiger partial charge in [-0.05, 0) is 20.5 Å². The molecule has 0 radical (unpaired) electrons. The number of rotatable bonds is 6. The number of nitrogens with zero attached hydrogens (tertiary/aromatic N) is 1. The van der Waals surface area contributed by atoms with Crippen LogP contribution in [0.5, 0.6) is 0 Å². The second kappa shape index (κ2) is 10.5. The Balaban J connectivity index is 0. The first-order valence-electron chi connectivity index (χ1n) is 5.48. The molecule has 0 heterocycles. The molecule has 3 nitrogen and oxygen atoms in total. The number of carboxylic acids is 1. The number of hydrogen-bond acceptors (Lipinski definition) is 2. The fourth-order valence-corrected chi connectivity index (χ4v) is 1.19. The maximum atomic E-state index is 10.7. The van der Waals surface area contributed by atoms with Crippen LogP contribution in [-0.2, 0) is 4.79 Å². The van der Waals surface area contributed by atoms with Gasteiger partial charge in [-0.3, -0.25) is 9.69 Å². The summed E-state index contributed by atoms with van der Waals surface area (Å²) < 4.78 is 0. The van der Waals surface area contributed by atoms with E-state index in [1.165, 1.54) is 0 Å². The van der Waals surface area contributed by atoms with Gasteiger partial charge in [0.25, 0.3) is 0 Å². The third-order valence-corrected chi connectivity index (χ3v) is 1.99. The van der Waals surface area contributed by atoms with Crippen molar-refractivity contribution in [1.82, 2.24) is 4.90 Å². The molecule has 0 aromatic carbocycles. The van der Waals surface area contributed by atoms with E-state index >= 15 is 0 Å². The first kappa shape index (κ1) is 15.9. The quantitative estimate of drug-likeness (QED) is 0.675. The maximum absolute atomic E-state index is 10.7. The monoisotopic (exact) mass is 203 g/mol. The normalized spacial score (nSPS) is 11.9. The molecule has 0 aromatic rings. The summed E-state index contributed by atoms with van der Waals surface area (Å²) in [4.78, 5) is 12.5. The van der Waals surface area contributed by atoms with Crippen LogP contribution in [0.3, 0.4) is 0 Å². The summed E-state index contributed by atoms with van der Waals surface area (Å²) in [6.45, 7) is 6.12. The molecular weight excluding hydrogens is 178 g/mol. The number of unbranched alkanes of at least 4 members (excludes halogenated alkanes) is 2. The standard InChI is InChI=1S/C9H19NO2.C2H6/c1-4-5-6-7-8(9(11)12)10(2)3;1-2/h8H,4-7H2,1-3H3,(H,11,12);1-2H3. The summed E-state index contributed by atoms with van der Waals surface area (Å²) >= 11 is 0. The Labute approximate surface area is 88.1 Å². The van der Waals surface area contributed by atoms with E-state index in [-0.39, 0.29) is 6.04 Å². The summed E-state index contributed by atoms with van der Waals surface area (Å²) in [6.07, 6.45) is 4.03. The van der Waals surface area contributed by atoms with Crippen molar-refractivity contribution in [2.45, 2.75) is 52.5 Å². The average Bonchev–Trinajstić information content (AvgIpc) is 2.14. The van der Waals surface area contributed by atoms with Crippen LogP contribution in [0.15, 0.2) is 0 Å². The van der Waals surface area contributed by atoms with Crippen LogP contribution in [0.25, 0.3) is 0 Å². The van der Waals surface area contributed by atoms with Crippen LogP contribution in [0, 0.1) is 0 Å². The van der Waals surface area contributed by atoms with Gasteiger partial charge in [0.15, 0.2) is 0 Å². The highest BCUT2D eigenvalue weighted by Gasteiger charge is 2.18. The topological polar surface area (TPSA) is 40.5 Å². The van der Waals surface area contributed by atoms with Gasteiger partial charge in [0.05, 0.1) is 0 Å². The van der Waals surface area contributed by atoms with Crippen LogP contribution >= 0.6 is 0 Å². The van der Waals surface area contributed by atoms with Crippen molar-refractivity contribution in [3.05, 3.63) is 0 Å². The van der Waals surface area contributed by atoms with Crippen molar-refractivity contribution in [2.75, 3.05) is 14.1 Å². The molecule has 14 heavy (non-hydrogen) atoms. The van der Waals surface area contributed by atoms with Crippen molar-refractivity contribution in [3.8, 4) is 0 Å². The fraction of sp³-hybridized carbons (Fsp3) is 0.909. The number of carbonyl (C=O) groups is 1. The third-order valence-electron chi connectivity index (χ3n) is 1.99. The number of aliphatic carboxylic acids is 1. The minimum atomic E-state index is -0.712. The van der Waals surface area contributed by atoms with Crippen LogP contribution < -0.4 is 0 Å². The molecule has 86 valence electrons. The van der Waals surface area contributed by atoms with Gasteiger partial charge >= 0.3 is 5.97 Å². The van der Waals surface area contributed by atoms with Crippen LogP contribution in [0.2, 0.25) is 0 Å². The molecule has 3 heteroatoms. The Morgan fingerprint density at radius 2 is 1.79 bits per heavy atom. The van der Waals surface area contributed by atoms with Gasteiger partial charge in [-0.2, -0.15) is 0 Å². The van der Waals surface area contributed by atoms with E-state index in [2.05, 4.69) is 6.92 Å². The van der Waals surface area contributed by atoms with Gasteiger partial charge in [-0.15, -0.1) is 0 Å². The van der Waals surface area contributed by atoms with Gasteiger partial charge in [0.2, 0.25) is 0 Å². The first-order chi connectivity index (χ1) is 6.59. The molecule has 1 N–H and O–H groups in total. The van der Waals surface area contributed by atoms with E-state index in [1.54, 1.807) is 4.90 Å². The zero-order valence-electron chi connectivity index (χ0n) is 10.2. The summed E-state index contributed by atoms with van der Waals surface area (Å²) in [5.41, 5.74) is 0. The Morgan fingerprint density at radius 1 is 1.29 bits per heavy atom. The molecule has 0 saturated heterocycles. The zero-order valence-corrected chi connectivity index (χ0v) is 10.2. The van der Waals surface area contributed by atoms with E-state index in [4.69, 9.17) is 5.11 Å². The largest absolute Gasteiger partial charge is 0.480 e. The van der Waals surface area contributed by atoms with E-state index in [0.29, 0.717) is 0 Å². The molecule has 0 aliphatic heterocycles. The maximum Gasteiger partial charge on any atom is 0.320 e. The molecular formula is C11H25NO2. The van der Waals surface area contributed by atoms with E-state index in [9.17, 15) is 4.79 Å². The second-order valence-corrected chi connectivity index (χ2v) is 3.31. The lowest BCUT2D eigenvalue weighted by atomic mass is 10.1. The van der Waals surface area contributed by atoms with Crippen LogP contribution in [0.1, 0.15) is 46.5 Å². The van der Waals surface area contributed by atoms with Crippen LogP contribution in [0.4, 0.5) is 0 Å². The number of carboxylic acid groups (broad SMARTS) is 1. The Hall–Kier alpha value is -0.570. The fourth-order valence-electron chi connectivity index (χ4n) is 1.19. The predicted molar refractivity (Wildman–Crippen MR) is 60.6 cm³/mol. The van der Waals surface area contributed by atoms with Crippen molar-refractivity contribution >= 4 is 5.97 Å². The molecule has 0 amide bonds. The second-order valence-electron chi connectivity index (χ2n) is 3.31. The summed E-state index contributed by atoms with van der Waals surface area (Å²) in [6, 6.07) is -0.309. The molecule has 0 fully saturated rings. The smallest absolute Gasteiger partial charge is 0.320 e. The highest BCUT2D eigenvalue weighted by Crippen LogP contribution is 2.07. The Bertz CT molecular complexity index is 135. The minimum Gasteiger partial charge on any atom is -0.480 e. The third kappa shape index (κ3) is 8.05. The Kier molecular flexibility index (Phi) is 11.9. The van der Waals surface area contributed by atoms with Gasteiger partial charge in [-0.1, -0.05) is 40.0 Å². The molecule has 1 unspecified atom stereocenters. The molecule has 0 spiro atoms. The summed E-state index contributed by atoms with van der Waals surface area (Å²) in [5.74, 6) is -0.712. The highest BCUT2D eigenvalue weighted by molar-refractivity contribution is 5.73. The molecule has 0 aliphatic rings. The SMILES string of the molecule is CC.CCCCCC(C(=O)O)N(C)C. The highest BCUT2D eigenvalue weighted by atomic mass is 16.4. The molecule has 0 rings (SSSR count). The average molecular weight is 203 g/mol. The van der Waals surface area contributed by atoms with Crippen molar-refractivity contribution in [1.29, 1.82) is 0 Å². The Morgan fingerprint density at radius 3 is 2.07 bits per heavy atom. The lowest BCUT2D eigenvalue weighted by molar-refractivity contribution is -0.142. The summed E-state index contributed by atoms with van der Waals surface area (Å²) in [7, 11) is 3.62. The van der Waals surface area contributed by atoms with Crippen molar-refractivity contribution in [3.63, 3.8) is 0 Å². The number of likely N-dealkylation sites (N-methyl/N-ethyl adjacent to an activating group) is 1. The van der Waals surface area contributed by atoms with E-state index in [1.807, 2.05) is 27.9 Å². The summed E-state index contributed by atoms with van der Waals surface area (Å²) in [5, 5.41) is 8.80. The van der Waals surface area contributed by atoms with Crippen molar-refractivity contribution in [2.24, 2.45) is 0 Å². The van der Waals surface area contributed by atoms with Gasteiger partial charge in [0, 0.05) is 0 Å². The number of hydrogen-bond donors (Lipinski definition) is 1. The molecule has 1 atom stereocenters. The predicted octanol–water partition coefficient (Wildman–Crippen LogP) is 2.61. The molecule has 0 aromatic heterocycles. The van der Waals surface area contributed by atoms with E-state index in [0.717, 1.165) is 25.7 Å². The van der Waals surface area contributed by atoms with Crippen molar-refractivity contribution < 1.29 is 9.90 Å². The van der Waals surface area contributed by atoms with Gasteiger partial charge in [-0.25, -0.2) is 0 Å². The lowest BCUT2D eigenvalue weighted by Gasteiger charge is -2.19. The van der Waals surface area contributed by atoms with E-state index < -0.39 is 5.97 Å². The lowest BCUT2D eigenvalue weighted by Crippen LogP contribution is -2.35. The van der Waals surface area contributed by atoms with Gasteiger partial charge in [0.1, 0.15) is 6.04 Å². The molecule has 0 bridgehead atoms. The zero-order chi connectivity index (χ0) is 11.6. The molecule has 0 aliphatic carbocycles. The minimum absolute atomic E-state index is 0.309. The van der Waals surface area contributed by atoms with Crippen LogP contribution in [-0.4, -0.2) is 36.1 Å².